The first kappa shape index (κ1) is 17.9. The van der Waals surface area contributed by atoms with Crippen LogP contribution >= 0.6 is 0 Å². The fourth-order valence-corrected chi connectivity index (χ4v) is 4.03. The highest BCUT2D eigenvalue weighted by atomic mass is 32.2. The zero-order valence-electron chi connectivity index (χ0n) is 13.2. The van der Waals surface area contributed by atoms with Crippen LogP contribution in [0.15, 0.2) is 0 Å². The molecule has 0 aromatic carbocycles. The van der Waals surface area contributed by atoms with Gasteiger partial charge in [0.15, 0.2) is 0 Å². The largest absolute Gasteiger partial charge is 0.319 e. The smallest absolute Gasteiger partial charge is 0.279 e. The molecule has 1 aliphatic heterocycles. The van der Waals surface area contributed by atoms with E-state index in [9.17, 15) is 8.42 Å². The van der Waals surface area contributed by atoms with E-state index in [2.05, 4.69) is 23.9 Å². The molecule has 2 N–H and O–H groups in total. The van der Waals surface area contributed by atoms with Gasteiger partial charge in [0.1, 0.15) is 0 Å². The molecule has 5 nitrogen and oxygen atoms in total. The molecule has 0 aromatic rings. The molecule has 0 radical (unpaired) electrons. The topological polar surface area (TPSA) is 61.4 Å². The van der Waals surface area contributed by atoms with Gasteiger partial charge in [0.05, 0.1) is 0 Å². The van der Waals surface area contributed by atoms with Crippen molar-refractivity contribution < 1.29 is 8.42 Å². The zero-order chi connectivity index (χ0) is 15.0. The Balaban J connectivity index is 2.32. The number of hydrogen-bond donors (Lipinski definition) is 2. The molecule has 1 rings (SSSR count). The van der Waals surface area contributed by atoms with E-state index in [4.69, 9.17) is 0 Å². The molecular formula is C14H31N3O2S. The molecule has 0 aromatic heterocycles. The first-order valence-electron chi connectivity index (χ1n) is 7.85. The van der Waals surface area contributed by atoms with E-state index < -0.39 is 10.2 Å². The van der Waals surface area contributed by atoms with E-state index in [1.54, 1.807) is 4.31 Å². The average molecular weight is 305 g/mol. The molecule has 0 aliphatic carbocycles. The third-order valence-corrected chi connectivity index (χ3v) is 5.39. The summed E-state index contributed by atoms with van der Waals surface area (Å²) in [7, 11) is -1.36. The first-order valence-corrected chi connectivity index (χ1v) is 9.29. The second kappa shape index (κ2) is 8.97. The van der Waals surface area contributed by atoms with Crippen LogP contribution in [0.2, 0.25) is 0 Å². The van der Waals surface area contributed by atoms with Crippen molar-refractivity contribution in [1.29, 1.82) is 0 Å². The van der Waals surface area contributed by atoms with Crippen LogP contribution in [-0.4, -0.2) is 45.9 Å². The molecule has 0 spiro atoms. The van der Waals surface area contributed by atoms with Crippen molar-refractivity contribution in [3.63, 3.8) is 0 Å². The van der Waals surface area contributed by atoms with Gasteiger partial charge in [0.2, 0.25) is 0 Å². The normalized spacial score (nSPS) is 21.5. The molecule has 1 aliphatic rings. The van der Waals surface area contributed by atoms with Gasteiger partial charge < -0.3 is 5.32 Å². The third kappa shape index (κ3) is 6.52. The molecule has 120 valence electrons. The molecule has 0 saturated carbocycles. The Morgan fingerprint density at radius 1 is 1.30 bits per heavy atom. The predicted molar refractivity (Wildman–Crippen MR) is 83.8 cm³/mol. The van der Waals surface area contributed by atoms with Crippen molar-refractivity contribution in [2.24, 2.45) is 11.8 Å². The number of nitrogens with one attached hydrogen (secondary N) is 2. The van der Waals surface area contributed by atoms with E-state index >= 15 is 0 Å². The predicted octanol–water partition coefficient (Wildman–Crippen LogP) is 1.58. The van der Waals surface area contributed by atoms with Crippen molar-refractivity contribution in [1.82, 2.24) is 14.3 Å². The Morgan fingerprint density at radius 2 is 2.05 bits per heavy atom. The lowest BCUT2D eigenvalue weighted by Gasteiger charge is -2.31. The van der Waals surface area contributed by atoms with Crippen LogP contribution in [-0.2, 0) is 10.2 Å². The molecule has 1 unspecified atom stereocenters. The maximum atomic E-state index is 12.2. The molecule has 1 fully saturated rings. The minimum Gasteiger partial charge on any atom is -0.319 e. The molecular weight excluding hydrogens is 274 g/mol. The van der Waals surface area contributed by atoms with Gasteiger partial charge in [0.25, 0.3) is 10.2 Å². The van der Waals surface area contributed by atoms with Crippen LogP contribution in [0.25, 0.3) is 0 Å². The van der Waals surface area contributed by atoms with Crippen LogP contribution in [0.1, 0.15) is 46.0 Å². The molecule has 0 amide bonds. The second-order valence-electron chi connectivity index (χ2n) is 6.21. The summed E-state index contributed by atoms with van der Waals surface area (Å²) in [6.07, 6.45) is 5.24. The minimum atomic E-state index is -3.28. The summed E-state index contributed by atoms with van der Waals surface area (Å²) in [5.74, 6) is 1.13. The monoisotopic (exact) mass is 305 g/mol. The van der Waals surface area contributed by atoms with E-state index in [1.807, 2.05) is 7.05 Å². The standard InChI is InChI=1S/C14H31N3O2S/c1-13(2)7-4-5-9-16-20(18,19)17-10-6-8-14(12-17)11-15-3/h13-16H,4-12H2,1-3H3. The Hall–Kier alpha value is -0.170. The van der Waals surface area contributed by atoms with Crippen molar-refractivity contribution in [2.45, 2.75) is 46.0 Å². The van der Waals surface area contributed by atoms with Gasteiger partial charge in [0, 0.05) is 19.6 Å². The highest BCUT2D eigenvalue weighted by Gasteiger charge is 2.27. The maximum Gasteiger partial charge on any atom is 0.279 e. The van der Waals surface area contributed by atoms with Crippen molar-refractivity contribution in [3.8, 4) is 0 Å². The Labute approximate surface area is 124 Å². The summed E-state index contributed by atoms with van der Waals surface area (Å²) in [6.45, 7) is 7.13. The minimum absolute atomic E-state index is 0.436. The average Bonchev–Trinajstić information content (AvgIpc) is 2.38. The van der Waals surface area contributed by atoms with Gasteiger partial charge >= 0.3 is 0 Å². The van der Waals surface area contributed by atoms with Gasteiger partial charge in [-0.25, -0.2) is 4.72 Å². The molecule has 6 heteroatoms. The van der Waals surface area contributed by atoms with E-state index in [0.29, 0.717) is 31.5 Å². The van der Waals surface area contributed by atoms with Gasteiger partial charge in [-0.3, -0.25) is 0 Å². The summed E-state index contributed by atoms with van der Waals surface area (Å²) in [6, 6.07) is 0. The quantitative estimate of drug-likeness (QED) is 0.636. The zero-order valence-corrected chi connectivity index (χ0v) is 14.0. The van der Waals surface area contributed by atoms with E-state index in [-0.39, 0.29) is 0 Å². The summed E-state index contributed by atoms with van der Waals surface area (Å²) in [5.41, 5.74) is 0. The SMILES string of the molecule is CNCC1CCCN(S(=O)(=O)NCCCCC(C)C)C1. The highest BCUT2D eigenvalue weighted by Crippen LogP contribution is 2.18. The van der Waals surface area contributed by atoms with Crippen LogP contribution in [0.5, 0.6) is 0 Å². The van der Waals surface area contributed by atoms with Gasteiger partial charge in [-0.15, -0.1) is 0 Å². The Bertz CT molecular complexity index is 355. The van der Waals surface area contributed by atoms with Crippen LogP contribution in [0.3, 0.4) is 0 Å². The Kier molecular flexibility index (Phi) is 8.02. The first-order chi connectivity index (χ1) is 9.45. The van der Waals surface area contributed by atoms with Gasteiger partial charge in [-0.2, -0.15) is 12.7 Å². The van der Waals surface area contributed by atoms with Gasteiger partial charge in [-0.05, 0) is 44.7 Å². The summed E-state index contributed by atoms with van der Waals surface area (Å²) < 4.78 is 28.8. The van der Waals surface area contributed by atoms with Crippen molar-refractivity contribution in [3.05, 3.63) is 0 Å². The Morgan fingerprint density at radius 3 is 2.70 bits per heavy atom. The third-order valence-electron chi connectivity index (χ3n) is 3.81. The lowest BCUT2D eigenvalue weighted by molar-refractivity contribution is 0.261. The van der Waals surface area contributed by atoms with E-state index in [1.165, 1.54) is 0 Å². The lowest BCUT2D eigenvalue weighted by atomic mass is 10.00. The number of nitrogens with zero attached hydrogens (tertiary/aromatic N) is 1. The number of hydrogen-bond acceptors (Lipinski definition) is 3. The van der Waals surface area contributed by atoms with Crippen LogP contribution in [0.4, 0.5) is 0 Å². The molecule has 20 heavy (non-hydrogen) atoms. The van der Waals surface area contributed by atoms with E-state index in [0.717, 1.165) is 38.6 Å². The highest BCUT2D eigenvalue weighted by molar-refractivity contribution is 7.87. The fourth-order valence-electron chi connectivity index (χ4n) is 2.67. The van der Waals surface area contributed by atoms with Crippen molar-refractivity contribution in [2.75, 3.05) is 33.2 Å². The molecule has 1 saturated heterocycles. The van der Waals surface area contributed by atoms with Crippen LogP contribution in [0, 0.1) is 11.8 Å². The number of piperidine rings is 1. The summed E-state index contributed by atoms with van der Waals surface area (Å²) in [4.78, 5) is 0. The number of rotatable bonds is 9. The lowest BCUT2D eigenvalue weighted by Crippen LogP contribution is -2.47. The van der Waals surface area contributed by atoms with Gasteiger partial charge in [-0.1, -0.05) is 26.7 Å². The molecule has 1 heterocycles. The summed E-state index contributed by atoms with van der Waals surface area (Å²) in [5, 5.41) is 3.14. The fraction of sp³-hybridized carbons (Fsp3) is 1.00. The maximum absolute atomic E-state index is 12.2. The molecule has 1 atom stereocenters. The van der Waals surface area contributed by atoms with Crippen LogP contribution < -0.4 is 10.0 Å². The number of unbranched alkanes of at least 4 members (excludes halogenated alkanes) is 1. The van der Waals surface area contributed by atoms with Crippen molar-refractivity contribution >= 4 is 10.2 Å². The summed E-state index contributed by atoms with van der Waals surface area (Å²) >= 11 is 0. The second-order valence-corrected chi connectivity index (χ2v) is 7.97. The molecule has 0 bridgehead atoms.